The third-order valence-corrected chi connectivity index (χ3v) is 6.05. The minimum absolute atomic E-state index is 0.283. The largest absolute Gasteiger partial charge is 0.444 e. The third-order valence-electron chi connectivity index (χ3n) is 6.05. The fourth-order valence-corrected chi connectivity index (χ4v) is 3.67. The average molecular weight is 577 g/mol. The Hall–Kier alpha value is -4.74. The molecule has 224 valence electrons. The van der Waals surface area contributed by atoms with Crippen LogP contribution < -0.4 is 21.3 Å². The normalized spacial score (nSPS) is 11.7. The van der Waals surface area contributed by atoms with E-state index in [0.717, 1.165) is 18.4 Å². The fourth-order valence-electron chi connectivity index (χ4n) is 3.67. The van der Waals surface area contributed by atoms with Gasteiger partial charge in [0.1, 0.15) is 23.0 Å². The number of pyridine rings is 1. The molecule has 0 aliphatic carbocycles. The van der Waals surface area contributed by atoms with Gasteiger partial charge >= 0.3 is 6.09 Å². The number of likely N-dealkylation sites (N-methyl/N-ethyl adjacent to an activating group) is 1. The number of nitrogens with zero attached hydrogens (tertiary/aromatic N) is 4. The summed E-state index contributed by atoms with van der Waals surface area (Å²) in [7, 11) is 1.50. The molecule has 3 aromatic rings. The predicted octanol–water partition coefficient (Wildman–Crippen LogP) is 4.79. The number of benzene rings is 1. The van der Waals surface area contributed by atoms with Gasteiger partial charge in [0.05, 0.1) is 0 Å². The Balaban J connectivity index is 1.65. The van der Waals surface area contributed by atoms with Gasteiger partial charge < -0.3 is 26.0 Å². The smallest absolute Gasteiger partial charge is 0.410 e. The second-order valence-corrected chi connectivity index (χ2v) is 10.7. The van der Waals surface area contributed by atoms with Crippen LogP contribution in [0.3, 0.4) is 0 Å². The van der Waals surface area contributed by atoms with Crippen LogP contribution in [0.1, 0.15) is 57.0 Å². The molecule has 0 saturated heterocycles. The van der Waals surface area contributed by atoms with Gasteiger partial charge in [-0.3, -0.25) is 19.5 Å². The van der Waals surface area contributed by atoms with Gasteiger partial charge in [-0.2, -0.15) is 4.98 Å². The predicted molar refractivity (Wildman–Crippen MR) is 164 cm³/mol. The molecule has 0 unspecified atom stereocenters. The molecule has 3 rings (SSSR count). The average Bonchev–Trinajstić information content (AvgIpc) is 2.95. The fraction of sp³-hybridized carbons (Fsp3) is 0.400. The van der Waals surface area contributed by atoms with Gasteiger partial charge in [0.2, 0.25) is 11.9 Å². The molecule has 12 heteroatoms. The number of carbonyl (C=O) groups is 3. The second-order valence-electron chi connectivity index (χ2n) is 10.7. The molecule has 0 aliphatic rings. The van der Waals surface area contributed by atoms with Gasteiger partial charge in [-0.25, -0.2) is 9.78 Å². The van der Waals surface area contributed by atoms with Gasteiger partial charge in [0.15, 0.2) is 0 Å². The summed E-state index contributed by atoms with van der Waals surface area (Å²) >= 11 is 0. The molecule has 12 nitrogen and oxygen atoms in total. The SMILES string of the molecule is CCCNc1nc(NCCc2ccncc2)ncc1C(=O)Nc1cccc(NC(=O)[C@H](C)N(C)C(=O)OC(C)(C)C)c1. The van der Waals surface area contributed by atoms with E-state index in [1.807, 2.05) is 19.1 Å². The van der Waals surface area contributed by atoms with Crippen LogP contribution in [0.2, 0.25) is 0 Å². The van der Waals surface area contributed by atoms with E-state index in [0.29, 0.717) is 36.2 Å². The van der Waals surface area contributed by atoms with Crippen molar-refractivity contribution in [3.8, 4) is 0 Å². The number of hydrogen-bond donors (Lipinski definition) is 4. The molecule has 1 atom stereocenters. The van der Waals surface area contributed by atoms with Crippen molar-refractivity contribution in [3.05, 3.63) is 66.1 Å². The number of anilines is 4. The summed E-state index contributed by atoms with van der Waals surface area (Å²) in [6, 6.07) is 9.85. The van der Waals surface area contributed by atoms with Gasteiger partial charge in [0.25, 0.3) is 5.91 Å². The van der Waals surface area contributed by atoms with Crippen LogP contribution >= 0.6 is 0 Å². The Labute approximate surface area is 246 Å². The van der Waals surface area contributed by atoms with Crippen LogP contribution in [0.5, 0.6) is 0 Å². The highest BCUT2D eigenvalue weighted by molar-refractivity contribution is 6.07. The van der Waals surface area contributed by atoms with Gasteiger partial charge in [0, 0.05) is 50.1 Å². The van der Waals surface area contributed by atoms with Crippen molar-refractivity contribution in [1.29, 1.82) is 0 Å². The Morgan fingerprint density at radius 1 is 1.00 bits per heavy atom. The molecule has 0 bridgehead atoms. The maximum atomic E-state index is 13.2. The van der Waals surface area contributed by atoms with Crippen molar-refractivity contribution in [2.24, 2.45) is 0 Å². The maximum Gasteiger partial charge on any atom is 0.410 e. The highest BCUT2D eigenvalue weighted by atomic mass is 16.6. The molecule has 0 saturated carbocycles. The van der Waals surface area contributed by atoms with Gasteiger partial charge in [-0.1, -0.05) is 13.0 Å². The zero-order chi connectivity index (χ0) is 30.7. The number of nitrogens with one attached hydrogen (secondary N) is 4. The number of ether oxygens (including phenoxy) is 1. The molecule has 4 N–H and O–H groups in total. The first kappa shape index (κ1) is 31.8. The Morgan fingerprint density at radius 2 is 1.69 bits per heavy atom. The monoisotopic (exact) mass is 576 g/mol. The molecular weight excluding hydrogens is 536 g/mol. The Bertz CT molecular complexity index is 1360. The summed E-state index contributed by atoms with van der Waals surface area (Å²) in [6.45, 7) is 10.2. The lowest BCUT2D eigenvalue weighted by atomic mass is 10.2. The van der Waals surface area contributed by atoms with Crippen LogP contribution in [0.4, 0.5) is 27.9 Å². The molecular formula is C30H40N8O4. The second kappa shape index (κ2) is 14.8. The van der Waals surface area contributed by atoms with Crippen molar-refractivity contribution in [2.75, 3.05) is 41.4 Å². The van der Waals surface area contributed by atoms with Crippen molar-refractivity contribution >= 4 is 41.0 Å². The number of aromatic nitrogens is 3. The van der Waals surface area contributed by atoms with E-state index in [1.165, 1.54) is 18.1 Å². The molecule has 0 spiro atoms. The Kier molecular flexibility index (Phi) is 11.2. The van der Waals surface area contributed by atoms with Crippen LogP contribution in [-0.2, 0) is 16.0 Å². The minimum atomic E-state index is -0.792. The van der Waals surface area contributed by atoms with Crippen LogP contribution in [0, 0.1) is 0 Å². The number of rotatable bonds is 12. The highest BCUT2D eigenvalue weighted by Gasteiger charge is 2.27. The van der Waals surface area contributed by atoms with E-state index in [1.54, 1.807) is 64.4 Å². The van der Waals surface area contributed by atoms with Gasteiger partial charge in [-0.15, -0.1) is 0 Å². The van der Waals surface area contributed by atoms with Crippen LogP contribution in [-0.4, -0.2) is 69.5 Å². The van der Waals surface area contributed by atoms with E-state index in [2.05, 4.69) is 36.2 Å². The molecule has 2 heterocycles. The molecule has 0 radical (unpaired) electrons. The highest BCUT2D eigenvalue weighted by Crippen LogP contribution is 2.20. The van der Waals surface area contributed by atoms with E-state index < -0.39 is 29.6 Å². The number of carbonyl (C=O) groups excluding carboxylic acids is 3. The van der Waals surface area contributed by atoms with Crippen LogP contribution in [0.15, 0.2) is 55.0 Å². The first-order chi connectivity index (χ1) is 20.0. The molecule has 2 aromatic heterocycles. The molecule has 0 fully saturated rings. The van der Waals surface area contributed by atoms with Crippen molar-refractivity contribution in [3.63, 3.8) is 0 Å². The summed E-state index contributed by atoms with van der Waals surface area (Å²) in [5, 5.41) is 12.0. The van der Waals surface area contributed by atoms with E-state index >= 15 is 0 Å². The lowest BCUT2D eigenvalue weighted by Gasteiger charge is -2.28. The molecule has 42 heavy (non-hydrogen) atoms. The zero-order valence-electron chi connectivity index (χ0n) is 25.0. The maximum absolute atomic E-state index is 13.2. The zero-order valence-corrected chi connectivity index (χ0v) is 25.0. The third kappa shape index (κ3) is 9.72. The van der Waals surface area contributed by atoms with Crippen LogP contribution in [0.25, 0.3) is 0 Å². The Morgan fingerprint density at radius 3 is 2.36 bits per heavy atom. The summed E-state index contributed by atoms with van der Waals surface area (Å²) in [5.74, 6) is 0.0189. The van der Waals surface area contributed by atoms with Crippen molar-refractivity contribution < 1.29 is 19.1 Å². The summed E-state index contributed by atoms with van der Waals surface area (Å²) in [4.78, 5) is 52.5. The minimum Gasteiger partial charge on any atom is -0.444 e. The lowest BCUT2D eigenvalue weighted by Crippen LogP contribution is -2.45. The van der Waals surface area contributed by atoms with Crippen molar-refractivity contribution in [2.45, 2.75) is 59.1 Å². The standard InChI is InChI=1S/C30H40N8O4/c1-7-14-32-25-24(19-34-28(37-25)33-17-13-21-11-15-31-16-12-21)27(40)36-23-10-8-9-22(18-23)35-26(39)20(2)38(6)29(41)42-30(3,4)5/h8-12,15-16,18-20H,7,13-14,17H2,1-6H3,(H,35,39)(H,36,40)(H2,32,33,34,37)/t20-/m0/s1. The number of amides is 3. The van der Waals surface area contributed by atoms with E-state index in [4.69, 9.17) is 4.74 Å². The molecule has 1 aromatic carbocycles. The first-order valence-corrected chi connectivity index (χ1v) is 13.9. The first-order valence-electron chi connectivity index (χ1n) is 13.9. The quantitative estimate of drug-likeness (QED) is 0.238. The topological polar surface area (TPSA) is 150 Å². The van der Waals surface area contributed by atoms with E-state index in [-0.39, 0.29) is 5.56 Å². The molecule has 3 amide bonds. The summed E-state index contributed by atoms with van der Waals surface area (Å²) in [5.41, 5.74) is 1.66. The number of hydrogen-bond acceptors (Lipinski definition) is 9. The van der Waals surface area contributed by atoms with E-state index in [9.17, 15) is 14.4 Å². The lowest BCUT2D eigenvalue weighted by molar-refractivity contribution is -0.120. The molecule has 0 aliphatic heterocycles. The summed E-state index contributed by atoms with van der Waals surface area (Å²) in [6.07, 6.45) is 6.00. The van der Waals surface area contributed by atoms with Crippen molar-refractivity contribution in [1.82, 2.24) is 19.9 Å². The summed E-state index contributed by atoms with van der Waals surface area (Å²) < 4.78 is 5.34. The van der Waals surface area contributed by atoms with Gasteiger partial charge in [-0.05, 0) is 76.4 Å².